The molecule has 0 aliphatic heterocycles. The summed E-state index contributed by atoms with van der Waals surface area (Å²) in [7, 11) is 0. The second kappa shape index (κ2) is 4.53. The van der Waals surface area contributed by atoms with Gasteiger partial charge in [0.25, 0.3) is 0 Å². The number of rotatable bonds is 2. The van der Waals surface area contributed by atoms with Gasteiger partial charge >= 0.3 is 0 Å². The van der Waals surface area contributed by atoms with E-state index in [0.717, 1.165) is 0 Å². The van der Waals surface area contributed by atoms with Crippen molar-refractivity contribution in [3.63, 3.8) is 0 Å². The molecule has 0 fully saturated rings. The Kier molecular flexibility index (Phi) is 2.92. The molecular weight excluding hydrogens is 200 g/mol. The lowest BCUT2D eigenvalue weighted by atomic mass is 10.1. The Balaban J connectivity index is 2.43. The van der Waals surface area contributed by atoms with E-state index in [0.29, 0.717) is 11.1 Å². The van der Waals surface area contributed by atoms with Crippen LogP contribution in [0.4, 0.5) is 0 Å². The predicted octanol–water partition coefficient (Wildman–Crippen LogP) is 3.63. The van der Waals surface area contributed by atoms with Gasteiger partial charge in [-0.3, -0.25) is 0 Å². The molecular formula is C14H12O2. The third kappa shape index (κ3) is 2.06. The van der Waals surface area contributed by atoms with E-state index in [9.17, 15) is 10.2 Å². The van der Waals surface area contributed by atoms with E-state index in [-0.39, 0.29) is 11.5 Å². The van der Waals surface area contributed by atoms with Gasteiger partial charge in [-0.05, 0) is 0 Å². The van der Waals surface area contributed by atoms with Crippen LogP contribution in [0.5, 0.6) is 0 Å². The molecule has 0 bridgehead atoms. The monoisotopic (exact) mass is 212 g/mol. The molecule has 0 spiro atoms. The zero-order valence-corrected chi connectivity index (χ0v) is 8.67. The Labute approximate surface area is 94.1 Å². The van der Waals surface area contributed by atoms with Crippen LogP contribution in [0.1, 0.15) is 11.1 Å². The zero-order chi connectivity index (χ0) is 11.4. The van der Waals surface area contributed by atoms with E-state index in [4.69, 9.17) is 0 Å². The summed E-state index contributed by atoms with van der Waals surface area (Å²) >= 11 is 0. The minimum atomic E-state index is -0.105. The lowest BCUT2D eigenvalue weighted by molar-refractivity contribution is 0.459. The fraction of sp³-hybridized carbons (Fsp3) is 0. The molecule has 0 unspecified atom stereocenters. The highest BCUT2D eigenvalue weighted by atomic mass is 16.3. The quantitative estimate of drug-likeness (QED) is 0.589. The first-order chi connectivity index (χ1) is 7.79. The average molecular weight is 212 g/mol. The first kappa shape index (κ1) is 10.3. The molecule has 0 heterocycles. The molecule has 2 N–H and O–H groups in total. The molecule has 0 amide bonds. The maximum Gasteiger partial charge on any atom is 0.165 e. The van der Waals surface area contributed by atoms with Crippen molar-refractivity contribution >= 4 is 11.5 Å². The van der Waals surface area contributed by atoms with E-state index in [1.807, 2.05) is 36.4 Å². The Morgan fingerprint density at radius 1 is 0.562 bits per heavy atom. The van der Waals surface area contributed by atoms with Gasteiger partial charge in [0, 0.05) is 11.1 Å². The summed E-state index contributed by atoms with van der Waals surface area (Å²) in [6.45, 7) is 0. The van der Waals surface area contributed by atoms with Gasteiger partial charge in [-0.25, -0.2) is 0 Å². The molecule has 2 aromatic carbocycles. The summed E-state index contributed by atoms with van der Waals surface area (Å²) in [6, 6.07) is 17.9. The molecule has 2 rings (SSSR count). The van der Waals surface area contributed by atoms with Crippen molar-refractivity contribution in [2.75, 3.05) is 0 Å². The Bertz CT molecular complexity index is 439. The fourth-order valence-corrected chi connectivity index (χ4v) is 1.47. The largest absolute Gasteiger partial charge is 0.504 e. The maximum absolute atomic E-state index is 9.87. The minimum Gasteiger partial charge on any atom is -0.504 e. The van der Waals surface area contributed by atoms with Crippen molar-refractivity contribution in [3.8, 4) is 0 Å². The van der Waals surface area contributed by atoms with Crippen LogP contribution in [0.25, 0.3) is 11.5 Å². The van der Waals surface area contributed by atoms with E-state index < -0.39 is 0 Å². The highest BCUT2D eigenvalue weighted by molar-refractivity contribution is 5.82. The van der Waals surface area contributed by atoms with Gasteiger partial charge in [0.1, 0.15) is 0 Å². The van der Waals surface area contributed by atoms with E-state index >= 15 is 0 Å². The molecule has 0 aromatic heterocycles. The second-order valence-corrected chi connectivity index (χ2v) is 3.43. The Hall–Kier alpha value is -2.22. The van der Waals surface area contributed by atoms with Crippen LogP contribution in [-0.4, -0.2) is 10.2 Å². The van der Waals surface area contributed by atoms with Crippen LogP contribution >= 0.6 is 0 Å². The van der Waals surface area contributed by atoms with Crippen molar-refractivity contribution in [1.82, 2.24) is 0 Å². The molecule has 80 valence electrons. The Morgan fingerprint density at radius 2 is 0.875 bits per heavy atom. The fourth-order valence-electron chi connectivity index (χ4n) is 1.47. The van der Waals surface area contributed by atoms with Crippen LogP contribution in [0, 0.1) is 0 Å². The van der Waals surface area contributed by atoms with Crippen molar-refractivity contribution in [2.24, 2.45) is 0 Å². The summed E-state index contributed by atoms with van der Waals surface area (Å²) in [6.07, 6.45) is 0. The van der Waals surface area contributed by atoms with Crippen LogP contribution in [-0.2, 0) is 0 Å². The van der Waals surface area contributed by atoms with Gasteiger partial charge in [-0.2, -0.15) is 0 Å². The summed E-state index contributed by atoms with van der Waals surface area (Å²) in [5.41, 5.74) is 1.20. The van der Waals surface area contributed by atoms with Crippen molar-refractivity contribution < 1.29 is 10.2 Å². The molecule has 0 aliphatic carbocycles. The summed E-state index contributed by atoms with van der Waals surface area (Å²) in [5, 5.41) is 19.7. The van der Waals surface area contributed by atoms with Crippen LogP contribution in [0.15, 0.2) is 60.7 Å². The van der Waals surface area contributed by atoms with Crippen molar-refractivity contribution in [3.05, 3.63) is 71.8 Å². The summed E-state index contributed by atoms with van der Waals surface area (Å²) in [4.78, 5) is 0. The number of benzene rings is 2. The van der Waals surface area contributed by atoms with Gasteiger partial charge in [0.15, 0.2) is 11.5 Å². The number of aliphatic hydroxyl groups excluding tert-OH is 2. The highest BCUT2D eigenvalue weighted by Gasteiger charge is 2.07. The third-order valence-electron chi connectivity index (χ3n) is 2.32. The van der Waals surface area contributed by atoms with Gasteiger partial charge in [0.05, 0.1) is 0 Å². The van der Waals surface area contributed by atoms with Crippen LogP contribution in [0.2, 0.25) is 0 Å². The Morgan fingerprint density at radius 3 is 1.19 bits per heavy atom. The highest BCUT2D eigenvalue weighted by Crippen LogP contribution is 2.21. The maximum atomic E-state index is 9.87. The van der Waals surface area contributed by atoms with Gasteiger partial charge < -0.3 is 10.2 Å². The summed E-state index contributed by atoms with van der Waals surface area (Å²) < 4.78 is 0. The molecule has 0 aliphatic rings. The smallest absolute Gasteiger partial charge is 0.165 e. The molecule has 0 radical (unpaired) electrons. The molecule has 0 saturated heterocycles. The minimum absolute atomic E-state index is 0.105. The third-order valence-corrected chi connectivity index (χ3v) is 2.32. The van der Waals surface area contributed by atoms with Crippen molar-refractivity contribution in [1.29, 1.82) is 0 Å². The lowest BCUT2D eigenvalue weighted by Gasteiger charge is -2.04. The average Bonchev–Trinajstić information content (AvgIpc) is 2.39. The van der Waals surface area contributed by atoms with Crippen LogP contribution < -0.4 is 0 Å². The SMILES string of the molecule is O/C(=C(/O)c1ccccc1)c1ccccc1. The van der Waals surface area contributed by atoms with Crippen LogP contribution in [0.3, 0.4) is 0 Å². The van der Waals surface area contributed by atoms with E-state index in [1.165, 1.54) is 0 Å². The van der Waals surface area contributed by atoms with E-state index in [1.54, 1.807) is 24.3 Å². The number of hydrogen-bond acceptors (Lipinski definition) is 2. The lowest BCUT2D eigenvalue weighted by Crippen LogP contribution is -1.90. The first-order valence-electron chi connectivity index (χ1n) is 5.02. The molecule has 16 heavy (non-hydrogen) atoms. The molecule has 2 nitrogen and oxygen atoms in total. The van der Waals surface area contributed by atoms with Gasteiger partial charge in [-0.15, -0.1) is 0 Å². The number of hydrogen-bond donors (Lipinski definition) is 2. The zero-order valence-electron chi connectivity index (χ0n) is 8.67. The molecule has 0 atom stereocenters. The second-order valence-electron chi connectivity index (χ2n) is 3.43. The molecule has 0 saturated carbocycles. The van der Waals surface area contributed by atoms with Gasteiger partial charge in [-0.1, -0.05) is 60.7 Å². The van der Waals surface area contributed by atoms with Crippen molar-refractivity contribution in [2.45, 2.75) is 0 Å². The first-order valence-corrected chi connectivity index (χ1v) is 5.02. The van der Waals surface area contributed by atoms with Gasteiger partial charge in [0.2, 0.25) is 0 Å². The molecule has 2 aromatic rings. The van der Waals surface area contributed by atoms with E-state index in [2.05, 4.69) is 0 Å². The normalized spacial score (nSPS) is 12.0. The predicted molar refractivity (Wildman–Crippen MR) is 65.0 cm³/mol. The molecule has 2 heteroatoms. The standard InChI is InChI=1S/C14H12O2/c15-13(11-7-3-1-4-8-11)14(16)12-9-5-2-6-10-12/h1-10,15-16H/b14-13+. The number of aliphatic hydroxyl groups is 2. The summed E-state index contributed by atoms with van der Waals surface area (Å²) in [5.74, 6) is -0.210. The topological polar surface area (TPSA) is 40.5 Å².